The molecule has 0 bridgehead atoms. The number of hydrogen-bond acceptors (Lipinski definition) is 4. The zero-order chi connectivity index (χ0) is 19.1. The molecule has 138 valence electrons. The van der Waals surface area contributed by atoms with Gasteiger partial charge in [0.25, 0.3) is 0 Å². The largest absolute Gasteiger partial charge is 0.462 e. The summed E-state index contributed by atoms with van der Waals surface area (Å²) in [5.41, 5.74) is 5.75. The van der Waals surface area contributed by atoms with Crippen molar-refractivity contribution in [3.05, 3.63) is 64.2 Å². The fraction of sp³-hybridized carbons (Fsp3) is 0.333. The molecule has 0 heterocycles. The Kier molecular flexibility index (Phi) is 7.27. The highest BCUT2D eigenvalue weighted by Crippen LogP contribution is 2.19. The minimum atomic E-state index is -0.350. The van der Waals surface area contributed by atoms with Gasteiger partial charge < -0.3 is 10.1 Å². The highest BCUT2D eigenvalue weighted by atomic mass is 32.2. The molecule has 0 saturated carbocycles. The fourth-order valence-electron chi connectivity index (χ4n) is 2.75. The first kappa shape index (κ1) is 20.0. The number of aryl methyl sites for hydroxylation is 3. The van der Waals surface area contributed by atoms with E-state index in [9.17, 15) is 9.59 Å². The van der Waals surface area contributed by atoms with E-state index >= 15 is 0 Å². The van der Waals surface area contributed by atoms with Crippen LogP contribution < -0.4 is 5.32 Å². The molecule has 2 aromatic carbocycles. The molecule has 0 saturated heterocycles. The number of benzene rings is 2. The smallest absolute Gasteiger partial charge is 0.338 e. The molecule has 5 heteroatoms. The van der Waals surface area contributed by atoms with Crippen LogP contribution in [0, 0.1) is 20.8 Å². The third kappa shape index (κ3) is 5.92. The van der Waals surface area contributed by atoms with Crippen molar-refractivity contribution in [2.24, 2.45) is 0 Å². The van der Waals surface area contributed by atoms with Gasteiger partial charge in [0.1, 0.15) is 0 Å². The second-order valence-electron chi connectivity index (χ2n) is 6.29. The maximum atomic E-state index is 12.2. The third-order valence-electron chi connectivity index (χ3n) is 3.79. The van der Waals surface area contributed by atoms with Crippen LogP contribution in [0.25, 0.3) is 0 Å². The van der Waals surface area contributed by atoms with Crippen LogP contribution in [-0.2, 0) is 15.3 Å². The van der Waals surface area contributed by atoms with Crippen LogP contribution in [0.3, 0.4) is 0 Å². The van der Waals surface area contributed by atoms with Crippen LogP contribution in [0.4, 0.5) is 5.69 Å². The Balaban J connectivity index is 1.88. The van der Waals surface area contributed by atoms with Crippen molar-refractivity contribution in [1.82, 2.24) is 0 Å². The van der Waals surface area contributed by atoms with Crippen molar-refractivity contribution < 1.29 is 14.3 Å². The molecule has 0 spiro atoms. The molecule has 0 unspecified atom stereocenters. The molecular formula is C21H25NO3S. The van der Waals surface area contributed by atoms with Gasteiger partial charge in [-0.3, -0.25) is 4.79 Å². The van der Waals surface area contributed by atoms with E-state index < -0.39 is 0 Å². The lowest BCUT2D eigenvalue weighted by Gasteiger charge is -2.10. The van der Waals surface area contributed by atoms with Gasteiger partial charge in [-0.15, -0.1) is 11.8 Å². The topological polar surface area (TPSA) is 55.4 Å². The number of rotatable bonds is 7. The van der Waals surface area contributed by atoms with Crippen molar-refractivity contribution in [2.45, 2.75) is 33.4 Å². The van der Waals surface area contributed by atoms with E-state index in [0.717, 1.165) is 17.0 Å². The molecule has 1 N–H and O–H groups in total. The predicted molar refractivity (Wildman–Crippen MR) is 108 cm³/mol. The molecule has 0 radical (unpaired) electrons. The lowest BCUT2D eigenvalue weighted by molar-refractivity contribution is -0.113. The van der Waals surface area contributed by atoms with Crippen LogP contribution in [0.15, 0.2) is 36.4 Å². The number of ether oxygens (including phenoxy) is 1. The molecule has 0 aliphatic carbocycles. The first-order chi connectivity index (χ1) is 12.4. The first-order valence-electron chi connectivity index (χ1n) is 8.61. The number of carbonyl (C=O) groups is 2. The standard InChI is InChI=1S/C21H25NO3S/c1-5-25-21(24)18-6-7-19(16(4)11-18)22-20(23)13-26-12-17-9-14(2)8-15(3)10-17/h6-11H,5,12-13H2,1-4H3,(H,22,23). The molecule has 0 aliphatic rings. The minimum Gasteiger partial charge on any atom is -0.462 e. The van der Waals surface area contributed by atoms with Gasteiger partial charge in [0, 0.05) is 11.4 Å². The van der Waals surface area contributed by atoms with E-state index in [4.69, 9.17) is 4.74 Å². The molecule has 0 aliphatic heterocycles. The molecule has 1 amide bonds. The van der Waals surface area contributed by atoms with Gasteiger partial charge in [0.05, 0.1) is 17.9 Å². The van der Waals surface area contributed by atoms with Crippen molar-refractivity contribution in [1.29, 1.82) is 0 Å². The number of hydrogen-bond donors (Lipinski definition) is 1. The summed E-state index contributed by atoms with van der Waals surface area (Å²) >= 11 is 1.59. The molecule has 4 nitrogen and oxygen atoms in total. The fourth-order valence-corrected chi connectivity index (χ4v) is 3.51. The van der Waals surface area contributed by atoms with E-state index in [1.807, 2.05) is 6.92 Å². The maximum absolute atomic E-state index is 12.2. The van der Waals surface area contributed by atoms with Crippen molar-refractivity contribution >= 4 is 29.3 Å². The van der Waals surface area contributed by atoms with Crippen LogP contribution >= 0.6 is 11.8 Å². The van der Waals surface area contributed by atoms with Gasteiger partial charge in [-0.1, -0.05) is 29.3 Å². The van der Waals surface area contributed by atoms with E-state index in [1.165, 1.54) is 16.7 Å². The lowest BCUT2D eigenvalue weighted by atomic mass is 10.1. The molecule has 2 rings (SSSR count). The Bertz CT molecular complexity index is 782. The number of thioether (sulfide) groups is 1. The zero-order valence-electron chi connectivity index (χ0n) is 15.7. The molecule has 0 fully saturated rings. The Hall–Kier alpha value is -2.27. The summed E-state index contributed by atoms with van der Waals surface area (Å²) in [4.78, 5) is 23.9. The summed E-state index contributed by atoms with van der Waals surface area (Å²) < 4.78 is 4.99. The average Bonchev–Trinajstić information content (AvgIpc) is 2.56. The number of amides is 1. The highest BCUT2D eigenvalue weighted by molar-refractivity contribution is 7.99. The number of nitrogens with one attached hydrogen (secondary N) is 1. The van der Waals surface area contributed by atoms with Crippen molar-refractivity contribution in [2.75, 3.05) is 17.7 Å². The van der Waals surface area contributed by atoms with Gasteiger partial charge >= 0.3 is 5.97 Å². The lowest BCUT2D eigenvalue weighted by Crippen LogP contribution is -2.15. The summed E-state index contributed by atoms with van der Waals surface area (Å²) in [6.45, 7) is 8.14. The van der Waals surface area contributed by atoms with Gasteiger partial charge in [-0.25, -0.2) is 4.79 Å². The Morgan fingerprint density at radius 1 is 1.04 bits per heavy atom. The number of esters is 1. The van der Waals surface area contributed by atoms with E-state index in [2.05, 4.69) is 37.4 Å². The summed E-state index contributed by atoms with van der Waals surface area (Å²) in [6.07, 6.45) is 0. The monoisotopic (exact) mass is 371 g/mol. The minimum absolute atomic E-state index is 0.0497. The molecule has 0 atom stereocenters. The van der Waals surface area contributed by atoms with Gasteiger partial charge in [-0.2, -0.15) is 0 Å². The van der Waals surface area contributed by atoms with Crippen LogP contribution in [-0.4, -0.2) is 24.2 Å². The van der Waals surface area contributed by atoms with Crippen molar-refractivity contribution in [3.63, 3.8) is 0 Å². The first-order valence-corrected chi connectivity index (χ1v) is 9.77. The second kappa shape index (κ2) is 9.43. The van der Waals surface area contributed by atoms with E-state index in [0.29, 0.717) is 17.9 Å². The number of carbonyl (C=O) groups excluding carboxylic acids is 2. The van der Waals surface area contributed by atoms with Gasteiger partial charge in [0.15, 0.2) is 0 Å². The predicted octanol–water partition coefficient (Wildman–Crippen LogP) is 4.66. The summed E-state index contributed by atoms with van der Waals surface area (Å²) in [5.74, 6) is 0.784. The summed E-state index contributed by atoms with van der Waals surface area (Å²) in [6, 6.07) is 11.6. The molecule has 2 aromatic rings. The summed E-state index contributed by atoms with van der Waals surface area (Å²) in [7, 11) is 0. The molecule has 26 heavy (non-hydrogen) atoms. The second-order valence-corrected chi connectivity index (χ2v) is 7.27. The zero-order valence-corrected chi connectivity index (χ0v) is 16.5. The van der Waals surface area contributed by atoms with E-state index in [-0.39, 0.29) is 11.9 Å². The third-order valence-corrected chi connectivity index (χ3v) is 4.80. The Labute approximate surface area is 159 Å². The summed E-state index contributed by atoms with van der Waals surface area (Å²) in [5, 5.41) is 2.91. The molecular weight excluding hydrogens is 346 g/mol. The van der Waals surface area contributed by atoms with Crippen LogP contribution in [0.2, 0.25) is 0 Å². The average molecular weight is 372 g/mol. The SMILES string of the molecule is CCOC(=O)c1ccc(NC(=O)CSCc2cc(C)cc(C)c2)c(C)c1. The Morgan fingerprint density at radius 3 is 2.35 bits per heavy atom. The molecule has 0 aromatic heterocycles. The normalized spacial score (nSPS) is 10.5. The van der Waals surface area contributed by atoms with E-state index in [1.54, 1.807) is 36.9 Å². The highest BCUT2D eigenvalue weighted by Gasteiger charge is 2.10. The number of anilines is 1. The maximum Gasteiger partial charge on any atom is 0.338 e. The van der Waals surface area contributed by atoms with Crippen LogP contribution in [0.1, 0.15) is 39.5 Å². The Morgan fingerprint density at radius 2 is 1.73 bits per heavy atom. The van der Waals surface area contributed by atoms with Crippen molar-refractivity contribution in [3.8, 4) is 0 Å². The van der Waals surface area contributed by atoms with Gasteiger partial charge in [0.2, 0.25) is 5.91 Å². The quantitative estimate of drug-likeness (QED) is 0.719. The van der Waals surface area contributed by atoms with Gasteiger partial charge in [-0.05, 0) is 57.0 Å². The van der Waals surface area contributed by atoms with Crippen LogP contribution in [0.5, 0.6) is 0 Å².